The lowest BCUT2D eigenvalue weighted by Crippen LogP contribution is -2.51. The third-order valence-corrected chi connectivity index (χ3v) is 7.47. The Morgan fingerprint density at radius 1 is 1.22 bits per heavy atom. The molecular weight excluding hydrogens is 366 g/mol. The van der Waals surface area contributed by atoms with E-state index in [0.717, 1.165) is 45.6 Å². The molecule has 2 fully saturated rings. The Morgan fingerprint density at radius 2 is 1.93 bits per heavy atom. The minimum atomic E-state index is -3.23. The molecule has 2 aliphatic rings. The van der Waals surface area contributed by atoms with Gasteiger partial charge in [0.25, 0.3) is 0 Å². The number of nitrogens with zero attached hydrogens (tertiary/aromatic N) is 2. The number of sulfonamides is 1. The van der Waals surface area contributed by atoms with Crippen LogP contribution in [0.2, 0.25) is 0 Å². The summed E-state index contributed by atoms with van der Waals surface area (Å²) in [6, 6.07) is 0.307. The first-order chi connectivity index (χ1) is 12.8. The third kappa shape index (κ3) is 7.00. The molecular formula is C19H37N3O4S. The van der Waals surface area contributed by atoms with Gasteiger partial charge in [0.05, 0.1) is 24.9 Å². The number of rotatable bonds is 9. The molecule has 0 spiro atoms. The molecule has 8 heteroatoms. The van der Waals surface area contributed by atoms with Gasteiger partial charge in [0.2, 0.25) is 15.9 Å². The van der Waals surface area contributed by atoms with Crippen molar-refractivity contribution >= 4 is 15.9 Å². The molecule has 27 heavy (non-hydrogen) atoms. The molecule has 0 saturated carbocycles. The summed E-state index contributed by atoms with van der Waals surface area (Å²) in [6.07, 6.45) is 3.14. The molecule has 1 N–H and O–H groups in total. The molecule has 2 aliphatic heterocycles. The average molecular weight is 404 g/mol. The van der Waals surface area contributed by atoms with Crippen LogP contribution in [0.5, 0.6) is 0 Å². The van der Waals surface area contributed by atoms with Gasteiger partial charge in [-0.1, -0.05) is 20.8 Å². The summed E-state index contributed by atoms with van der Waals surface area (Å²) in [7, 11) is -3.23. The number of piperidine rings is 1. The predicted molar refractivity (Wildman–Crippen MR) is 107 cm³/mol. The largest absolute Gasteiger partial charge is 0.379 e. The van der Waals surface area contributed by atoms with Crippen molar-refractivity contribution in [3.8, 4) is 0 Å². The molecule has 1 amide bonds. The first-order valence-electron chi connectivity index (χ1n) is 10.4. The summed E-state index contributed by atoms with van der Waals surface area (Å²) in [5.74, 6) is 0.469. The van der Waals surface area contributed by atoms with Crippen LogP contribution in [0.3, 0.4) is 0 Å². The van der Waals surface area contributed by atoms with Crippen LogP contribution in [0.15, 0.2) is 0 Å². The van der Waals surface area contributed by atoms with Crippen molar-refractivity contribution < 1.29 is 17.9 Å². The maximum absolute atomic E-state index is 12.7. The Bertz CT molecular complexity index is 561. The highest BCUT2D eigenvalue weighted by molar-refractivity contribution is 7.89. The molecule has 0 aromatic carbocycles. The third-order valence-electron chi connectivity index (χ3n) is 5.43. The van der Waals surface area contributed by atoms with Gasteiger partial charge >= 0.3 is 0 Å². The molecule has 0 bridgehead atoms. The van der Waals surface area contributed by atoms with Crippen LogP contribution in [0.4, 0.5) is 0 Å². The van der Waals surface area contributed by atoms with Gasteiger partial charge in [0.1, 0.15) is 0 Å². The van der Waals surface area contributed by atoms with Crippen LogP contribution < -0.4 is 5.32 Å². The molecule has 0 aliphatic carbocycles. The highest BCUT2D eigenvalue weighted by Crippen LogP contribution is 2.20. The molecule has 158 valence electrons. The fourth-order valence-electron chi connectivity index (χ4n) is 4.01. The molecule has 0 radical (unpaired) electrons. The van der Waals surface area contributed by atoms with Crippen LogP contribution in [0.1, 0.15) is 46.5 Å². The molecule has 7 nitrogen and oxygen atoms in total. The maximum Gasteiger partial charge on any atom is 0.224 e. The van der Waals surface area contributed by atoms with E-state index >= 15 is 0 Å². The van der Waals surface area contributed by atoms with E-state index in [-0.39, 0.29) is 17.6 Å². The molecule has 2 unspecified atom stereocenters. The van der Waals surface area contributed by atoms with Gasteiger partial charge in [0, 0.05) is 38.8 Å². The first kappa shape index (κ1) is 22.6. The normalized spacial score (nSPS) is 24.1. The monoisotopic (exact) mass is 403 g/mol. The van der Waals surface area contributed by atoms with Crippen molar-refractivity contribution in [2.45, 2.75) is 52.5 Å². The highest BCUT2D eigenvalue weighted by Gasteiger charge is 2.32. The van der Waals surface area contributed by atoms with Crippen molar-refractivity contribution in [1.82, 2.24) is 14.5 Å². The second kappa shape index (κ2) is 10.7. The fraction of sp³-hybridized carbons (Fsp3) is 0.947. The zero-order chi connectivity index (χ0) is 19.9. The summed E-state index contributed by atoms with van der Waals surface area (Å²) >= 11 is 0. The van der Waals surface area contributed by atoms with Gasteiger partial charge in [-0.3, -0.25) is 9.69 Å². The van der Waals surface area contributed by atoms with E-state index in [4.69, 9.17) is 4.74 Å². The molecule has 0 aromatic heterocycles. The quantitative estimate of drug-likeness (QED) is 0.628. The number of ether oxygens (including phenoxy) is 1. The Hall–Kier alpha value is -0.700. The Kier molecular flexibility index (Phi) is 8.98. The standard InChI is InChI=1S/C19H37N3O4S/c1-4-12-27(24,25)22-7-5-6-17(15-22)19(23)20-14-18(13-16(2)3)21-8-10-26-11-9-21/h16-18H,4-15H2,1-3H3,(H,20,23). The molecule has 0 aromatic rings. The first-order valence-corrected chi connectivity index (χ1v) is 12.0. The van der Waals surface area contributed by atoms with E-state index in [1.807, 2.05) is 6.92 Å². The summed E-state index contributed by atoms with van der Waals surface area (Å²) < 4.78 is 31.6. The lowest BCUT2D eigenvalue weighted by molar-refractivity contribution is -0.126. The summed E-state index contributed by atoms with van der Waals surface area (Å²) in [5.41, 5.74) is 0. The van der Waals surface area contributed by atoms with Gasteiger partial charge in [0.15, 0.2) is 0 Å². The number of amides is 1. The average Bonchev–Trinajstić information content (AvgIpc) is 2.65. The Balaban J connectivity index is 1.90. The van der Waals surface area contributed by atoms with Crippen molar-refractivity contribution in [3.05, 3.63) is 0 Å². The minimum Gasteiger partial charge on any atom is -0.379 e. The smallest absolute Gasteiger partial charge is 0.224 e. The highest BCUT2D eigenvalue weighted by atomic mass is 32.2. The number of morpholine rings is 1. The number of nitrogens with one attached hydrogen (secondary N) is 1. The van der Waals surface area contributed by atoms with Crippen LogP contribution in [0, 0.1) is 11.8 Å². The second-order valence-electron chi connectivity index (χ2n) is 8.19. The van der Waals surface area contributed by atoms with E-state index in [1.165, 1.54) is 4.31 Å². The Morgan fingerprint density at radius 3 is 2.56 bits per heavy atom. The lowest BCUT2D eigenvalue weighted by Gasteiger charge is -2.36. The SMILES string of the molecule is CCCS(=O)(=O)N1CCCC(C(=O)NCC(CC(C)C)N2CCOCC2)C1. The summed E-state index contributed by atoms with van der Waals surface area (Å²) in [5, 5.41) is 3.12. The van der Waals surface area contributed by atoms with E-state index in [9.17, 15) is 13.2 Å². The number of carbonyl (C=O) groups excluding carboxylic acids is 1. The van der Waals surface area contributed by atoms with Crippen molar-refractivity contribution in [2.24, 2.45) is 11.8 Å². The predicted octanol–water partition coefficient (Wildman–Crippen LogP) is 1.30. The molecule has 2 rings (SSSR count). The van der Waals surface area contributed by atoms with E-state index in [2.05, 4.69) is 24.1 Å². The number of hydrogen-bond acceptors (Lipinski definition) is 5. The zero-order valence-corrected chi connectivity index (χ0v) is 18.0. The van der Waals surface area contributed by atoms with E-state index in [0.29, 0.717) is 38.0 Å². The lowest BCUT2D eigenvalue weighted by atomic mass is 9.98. The van der Waals surface area contributed by atoms with Crippen molar-refractivity contribution in [1.29, 1.82) is 0 Å². The topological polar surface area (TPSA) is 79.0 Å². The maximum atomic E-state index is 12.7. The van der Waals surface area contributed by atoms with Gasteiger partial charge < -0.3 is 10.1 Å². The molecule has 2 saturated heterocycles. The summed E-state index contributed by atoms with van der Waals surface area (Å²) in [6.45, 7) is 11.0. The van der Waals surface area contributed by atoms with Crippen molar-refractivity contribution in [3.63, 3.8) is 0 Å². The van der Waals surface area contributed by atoms with E-state index in [1.54, 1.807) is 0 Å². The van der Waals surface area contributed by atoms with E-state index < -0.39 is 10.0 Å². The fourth-order valence-corrected chi connectivity index (χ4v) is 5.60. The Labute approximate surface area is 164 Å². The van der Waals surface area contributed by atoms with Crippen LogP contribution in [-0.4, -0.2) is 81.3 Å². The van der Waals surface area contributed by atoms with Gasteiger partial charge in [-0.15, -0.1) is 0 Å². The van der Waals surface area contributed by atoms with Crippen LogP contribution in [0.25, 0.3) is 0 Å². The van der Waals surface area contributed by atoms with Gasteiger partial charge in [-0.25, -0.2) is 12.7 Å². The van der Waals surface area contributed by atoms with Crippen LogP contribution in [-0.2, 0) is 19.6 Å². The van der Waals surface area contributed by atoms with Gasteiger partial charge in [-0.2, -0.15) is 0 Å². The van der Waals surface area contributed by atoms with Crippen LogP contribution >= 0.6 is 0 Å². The van der Waals surface area contributed by atoms with Crippen molar-refractivity contribution in [2.75, 3.05) is 51.7 Å². The second-order valence-corrected chi connectivity index (χ2v) is 10.3. The number of carbonyl (C=O) groups is 1. The molecule has 2 heterocycles. The zero-order valence-electron chi connectivity index (χ0n) is 17.2. The van der Waals surface area contributed by atoms with Gasteiger partial charge in [-0.05, 0) is 31.6 Å². The number of hydrogen-bond donors (Lipinski definition) is 1. The summed E-state index contributed by atoms with van der Waals surface area (Å²) in [4.78, 5) is 15.1. The minimum absolute atomic E-state index is 0.00610. The molecule has 2 atom stereocenters.